The number of aryl methyl sites for hydroxylation is 1. The number of carbonyl (C=O) groups is 1. The number of nitrogen functional groups attached to an aromatic ring is 1. The van der Waals surface area contributed by atoms with E-state index in [4.69, 9.17) is 5.84 Å². The van der Waals surface area contributed by atoms with E-state index >= 15 is 0 Å². The highest BCUT2D eigenvalue weighted by atomic mass is 16.1. The standard InChI is InChI=1S/C13H14N4O/c1-9-2-4-11(5-3-9)16-13(18)10-6-7-15-12(8-10)17-14/h2-8H,14H2,1H3,(H,15,17)(H,16,18). The van der Waals surface area contributed by atoms with E-state index in [1.807, 2.05) is 31.2 Å². The highest BCUT2D eigenvalue weighted by molar-refractivity contribution is 6.04. The highest BCUT2D eigenvalue weighted by Crippen LogP contribution is 2.12. The quantitative estimate of drug-likeness (QED) is 0.567. The zero-order chi connectivity index (χ0) is 13.0. The van der Waals surface area contributed by atoms with Crippen LogP contribution in [0, 0.1) is 6.92 Å². The summed E-state index contributed by atoms with van der Waals surface area (Å²) >= 11 is 0. The number of rotatable bonds is 3. The Morgan fingerprint density at radius 3 is 2.61 bits per heavy atom. The van der Waals surface area contributed by atoms with Gasteiger partial charge >= 0.3 is 0 Å². The number of carbonyl (C=O) groups excluding carboxylic acids is 1. The molecule has 0 atom stereocenters. The maximum absolute atomic E-state index is 12.0. The molecule has 0 aliphatic carbocycles. The Balaban J connectivity index is 2.14. The van der Waals surface area contributed by atoms with Crippen LogP contribution in [0.2, 0.25) is 0 Å². The third-order valence-corrected chi connectivity index (χ3v) is 2.48. The Morgan fingerprint density at radius 1 is 1.22 bits per heavy atom. The molecule has 0 fully saturated rings. The minimum Gasteiger partial charge on any atom is -0.322 e. The Labute approximate surface area is 105 Å². The number of hydrogen-bond acceptors (Lipinski definition) is 4. The predicted octanol–water partition coefficient (Wildman–Crippen LogP) is 1.93. The van der Waals surface area contributed by atoms with Crippen molar-refractivity contribution >= 4 is 17.4 Å². The van der Waals surface area contributed by atoms with Crippen molar-refractivity contribution in [3.63, 3.8) is 0 Å². The molecule has 92 valence electrons. The maximum atomic E-state index is 12.0. The van der Waals surface area contributed by atoms with Crippen molar-refractivity contribution in [1.29, 1.82) is 0 Å². The van der Waals surface area contributed by atoms with Gasteiger partial charge in [-0.3, -0.25) is 4.79 Å². The van der Waals surface area contributed by atoms with Crippen LogP contribution < -0.4 is 16.6 Å². The van der Waals surface area contributed by atoms with Gasteiger partial charge in [-0.05, 0) is 31.2 Å². The Morgan fingerprint density at radius 2 is 1.94 bits per heavy atom. The second-order valence-corrected chi connectivity index (χ2v) is 3.89. The summed E-state index contributed by atoms with van der Waals surface area (Å²) in [5.41, 5.74) is 4.80. The van der Waals surface area contributed by atoms with E-state index in [1.54, 1.807) is 12.1 Å². The topological polar surface area (TPSA) is 80.0 Å². The lowest BCUT2D eigenvalue weighted by Gasteiger charge is -2.06. The van der Waals surface area contributed by atoms with Gasteiger partial charge in [0.2, 0.25) is 0 Å². The first-order valence-corrected chi connectivity index (χ1v) is 5.50. The predicted molar refractivity (Wildman–Crippen MR) is 71.2 cm³/mol. The molecule has 0 radical (unpaired) electrons. The van der Waals surface area contributed by atoms with Gasteiger partial charge in [-0.15, -0.1) is 0 Å². The van der Waals surface area contributed by atoms with Crippen LogP contribution in [0.15, 0.2) is 42.6 Å². The Hall–Kier alpha value is -2.40. The first-order valence-electron chi connectivity index (χ1n) is 5.50. The summed E-state index contributed by atoms with van der Waals surface area (Å²) in [7, 11) is 0. The fraction of sp³-hybridized carbons (Fsp3) is 0.0769. The molecule has 1 aromatic carbocycles. The molecule has 5 heteroatoms. The summed E-state index contributed by atoms with van der Waals surface area (Å²) in [5, 5.41) is 2.80. The van der Waals surface area contributed by atoms with Crippen molar-refractivity contribution in [2.45, 2.75) is 6.92 Å². The average molecular weight is 242 g/mol. The van der Waals surface area contributed by atoms with Crippen LogP contribution in [0.3, 0.4) is 0 Å². The van der Waals surface area contributed by atoms with Crippen molar-refractivity contribution < 1.29 is 4.79 Å². The number of hydrogen-bond donors (Lipinski definition) is 3. The smallest absolute Gasteiger partial charge is 0.255 e. The van der Waals surface area contributed by atoms with Gasteiger partial charge in [-0.25, -0.2) is 10.8 Å². The zero-order valence-electron chi connectivity index (χ0n) is 9.97. The Kier molecular flexibility index (Phi) is 3.54. The van der Waals surface area contributed by atoms with Gasteiger partial charge in [0.25, 0.3) is 5.91 Å². The van der Waals surface area contributed by atoms with Crippen LogP contribution in [0.4, 0.5) is 11.5 Å². The lowest BCUT2D eigenvalue weighted by Crippen LogP contribution is -2.14. The summed E-state index contributed by atoms with van der Waals surface area (Å²) < 4.78 is 0. The van der Waals surface area contributed by atoms with E-state index in [1.165, 1.54) is 6.20 Å². The molecule has 0 saturated heterocycles. The lowest BCUT2D eigenvalue weighted by atomic mass is 10.2. The summed E-state index contributed by atoms with van der Waals surface area (Å²) in [4.78, 5) is 15.9. The van der Waals surface area contributed by atoms with Crippen LogP contribution in [-0.2, 0) is 0 Å². The SMILES string of the molecule is Cc1ccc(NC(=O)c2ccnc(NN)c2)cc1. The molecule has 0 bridgehead atoms. The second-order valence-electron chi connectivity index (χ2n) is 3.89. The first-order chi connectivity index (χ1) is 8.69. The molecule has 2 aromatic rings. The largest absolute Gasteiger partial charge is 0.322 e. The second kappa shape index (κ2) is 5.29. The van der Waals surface area contributed by atoms with E-state index < -0.39 is 0 Å². The molecule has 1 aromatic heterocycles. The van der Waals surface area contributed by atoms with Crippen LogP contribution in [0.5, 0.6) is 0 Å². The van der Waals surface area contributed by atoms with E-state index in [2.05, 4.69) is 15.7 Å². The van der Waals surface area contributed by atoms with Gasteiger partial charge < -0.3 is 10.7 Å². The minimum absolute atomic E-state index is 0.197. The van der Waals surface area contributed by atoms with Crippen molar-refractivity contribution in [2.75, 3.05) is 10.7 Å². The molecule has 2 rings (SSSR count). The molecule has 18 heavy (non-hydrogen) atoms. The molecule has 1 amide bonds. The van der Waals surface area contributed by atoms with E-state index in [9.17, 15) is 4.79 Å². The van der Waals surface area contributed by atoms with Crippen molar-refractivity contribution in [3.8, 4) is 0 Å². The summed E-state index contributed by atoms with van der Waals surface area (Å²) in [6.45, 7) is 1.99. The van der Waals surface area contributed by atoms with Gasteiger partial charge in [0.05, 0.1) is 0 Å². The summed E-state index contributed by atoms with van der Waals surface area (Å²) in [6.07, 6.45) is 1.53. The van der Waals surface area contributed by atoms with Crippen molar-refractivity contribution in [2.24, 2.45) is 5.84 Å². The molecule has 0 unspecified atom stereocenters. The average Bonchev–Trinajstić information content (AvgIpc) is 2.41. The monoisotopic (exact) mass is 242 g/mol. The van der Waals surface area contributed by atoms with E-state index in [0.29, 0.717) is 11.4 Å². The van der Waals surface area contributed by atoms with Gasteiger partial charge in [-0.1, -0.05) is 17.7 Å². The molecular weight excluding hydrogens is 228 g/mol. The number of nitrogens with zero attached hydrogens (tertiary/aromatic N) is 1. The summed E-state index contributed by atoms with van der Waals surface area (Å²) in [6, 6.07) is 10.8. The third kappa shape index (κ3) is 2.83. The molecule has 0 saturated carbocycles. The van der Waals surface area contributed by atoms with Gasteiger partial charge in [0.15, 0.2) is 0 Å². The Bertz CT molecular complexity index is 551. The lowest BCUT2D eigenvalue weighted by molar-refractivity contribution is 0.102. The number of nitrogens with one attached hydrogen (secondary N) is 2. The normalized spacial score (nSPS) is 9.89. The van der Waals surface area contributed by atoms with Crippen LogP contribution in [0.25, 0.3) is 0 Å². The number of benzene rings is 1. The molecule has 0 aliphatic rings. The number of nitrogens with two attached hydrogens (primary N) is 1. The van der Waals surface area contributed by atoms with Gasteiger partial charge in [0, 0.05) is 17.4 Å². The molecule has 5 nitrogen and oxygen atoms in total. The van der Waals surface area contributed by atoms with Crippen molar-refractivity contribution in [3.05, 3.63) is 53.7 Å². The van der Waals surface area contributed by atoms with Crippen LogP contribution in [0.1, 0.15) is 15.9 Å². The molecule has 0 aliphatic heterocycles. The molecule has 0 spiro atoms. The zero-order valence-corrected chi connectivity index (χ0v) is 9.97. The summed E-state index contributed by atoms with van der Waals surface area (Å²) in [5.74, 6) is 5.50. The highest BCUT2D eigenvalue weighted by Gasteiger charge is 2.06. The fourth-order valence-electron chi connectivity index (χ4n) is 1.49. The number of aromatic nitrogens is 1. The first kappa shape index (κ1) is 12.1. The number of amides is 1. The van der Waals surface area contributed by atoms with E-state index in [-0.39, 0.29) is 5.91 Å². The molecular formula is C13H14N4O. The number of anilines is 2. The van der Waals surface area contributed by atoms with Gasteiger partial charge in [0.1, 0.15) is 5.82 Å². The maximum Gasteiger partial charge on any atom is 0.255 e. The minimum atomic E-state index is -0.197. The third-order valence-electron chi connectivity index (χ3n) is 2.48. The fourth-order valence-corrected chi connectivity index (χ4v) is 1.49. The van der Waals surface area contributed by atoms with Crippen LogP contribution in [-0.4, -0.2) is 10.9 Å². The van der Waals surface area contributed by atoms with E-state index in [0.717, 1.165) is 11.3 Å². The van der Waals surface area contributed by atoms with Gasteiger partial charge in [-0.2, -0.15) is 0 Å². The number of hydrazine groups is 1. The molecule has 4 N–H and O–H groups in total. The number of pyridine rings is 1. The molecule has 1 heterocycles. The van der Waals surface area contributed by atoms with Crippen LogP contribution >= 0.6 is 0 Å². The van der Waals surface area contributed by atoms with Crippen molar-refractivity contribution in [1.82, 2.24) is 4.98 Å².